The summed E-state index contributed by atoms with van der Waals surface area (Å²) in [7, 11) is -3.39. The second-order valence-electron chi connectivity index (χ2n) is 8.84. The van der Waals surface area contributed by atoms with E-state index in [4.69, 9.17) is 20.3 Å². The highest BCUT2D eigenvalue weighted by Crippen LogP contribution is 2.22. The number of ether oxygens (including phenoxy) is 2. The summed E-state index contributed by atoms with van der Waals surface area (Å²) in [5.41, 5.74) is 1.02. The third kappa shape index (κ3) is 7.34. The topological polar surface area (TPSA) is 155 Å². The molecule has 0 saturated heterocycles. The first-order chi connectivity index (χ1) is 15.7. The maximum atomic E-state index is 12.3. The van der Waals surface area contributed by atoms with Gasteiger partial charge in [0.1, 0.15) is 11.3 Å². The van der Waals surface area contributed by atoms with Crippen molar-refractivity contribution in [1.82, 2.24) is 15.3 Å². The zero-order valence-electron chi connectivity index (χ0n) is 20.2. The Morgan fingerprint density at radius 1 is 1.15 bits per heavy atom. The monoisotopic (exact) mass is 489 g/mol. The van der Waals surface area contributed by atoms with Gasteiger partial charge in [-0.15, -0.1) is 0 Å². The van der Waals surface area contributed by atoms with Crippen LogP contribution in [-0.2, 0) is 19.3 Å². The fourth-order valence-corrected chi connectivity index (χ4v) is 3.77. The zero-order valence-corrected chi connectivity index (χ0v) is 21.0. The lowest BCUT2D eigenvalue weighted by Gasteiger charge is -2.19. The van der Waals surface area contributed by atoms with Crippen molar-refractivity contribution in [3.05, 3.63) is 41.9 Å². The molecule has 184 valence electrons. The number of benzene rings is 1. The zero-order chi connectivity index (χ0) is 25.7. The number of rotatable bonds is 7. The van der Waals surface area contributed by atoms with E-state index in [0.29, 0.717) is 17.0 Å². The quantitative estimate of drug-likeness (QED) is 0.394. The van der Waals surface area contributed by atoms with Gasteiger partial charge in [0.05, 0.1) is 27.7 Å². The number of sulfone groups is 1. The number of alkyl carbamates (subject to hydrolysis) is 1. The molecule has 0 aliphatic heterocycles. The first-order valence-corrected chi connectivity index (χ1v) is 12.2. The Morgan fingerprint density at radius 3 is 2.32 bits per heavy atom. The molecule has 0 radical (unpaired) electrons. The first-order valence-electron chi connectivity index (χ1n) is 10.7. The van der Waals surface area contributed by atoms with Gasteiger partial charge in [-0.05, 0) is 53.7 Å². The molecule has 0 bridgehead atoms. The van der Waals surface area contributed by atoms with Gasteiger partial charge in [-0.1, -0.05) is 12.1 Å². The van der Waals surface area contributed by atoms with Crippen LogP contribution in [-0.4, -0.2) is 53.7 Å². The largest absolute Gasteiger partial charge is 0.444 e. The predicted molar refractivity (Wildman–Crippen MR) is 129 cm³/mol. The highest BCUT2D eigenvalue weighted by molar-refractivity contribution is 7.92. The average Bonchev–Trinajstić information content (AvgIpc) is 2.72. The fourth-order valence-electron chi connectivity index (χ4n) is 2.71. The van der Waals surface area contributed by atoms with Gasteiger partial charge in [0.2, 0.25) is 5.90 Å². The SMILES string of the molecule is Cc1ncc(-c2ccc(S(=O)(=O)C(C)C)cc2)nc1C(=N)OC(=N)CCNC(=O)OC(C)(C)C. The van der Waals surface area contributed by atoms with Crippen molar-refractivity contribution in [2.24, 2.45) is 0 Å². The summed E-state index contributed by atoms with van der Waals surface area (Å²) in [6, 6.07) is 6.29. The van der Waals surface area contributed by atoms with Crippen LogP contribution in [0, 0.1) is 17.7 Å². The van der Waals surface area contributed by atoms with Crippen LogP contribution in [0.15, 0.2) is 35.4 Å². The van der Waals surface area contributed by atoms with E-state index in [1.54, 1.807) is 53.7 Å². The Labute approximate surface area is 200 Å². The molecular formula is C23H31N5O5S. The molecular weight excluding hydrogens is 458 g/mol. The van der Waals surface area contributed by atoms with Crippen LogP contribution in [0.1, 0.15) is 52.4 Å². The first kappa shape index (κ1) is 26.9. The summed E-state index contributed by atoms with van der Waals surface area (Å²) >= 11 is 0. The second kappa shape index (κ2) is 10.7. The molecule has 0 aliphatic carbocycles. The number of aromatic nitrogens is 2. The number of nitrogens with one attached hydrogen (secondary N) is 3. The van der Waals surface area contributed by atoms with Crippen molar-refractivity contribution < 1.29 is 22.7 Å². The Hall–Kier alpha value is -3.34. The predicted octanol–water partition coefficient (Wildman–Crippen LogP) is 3.87. The molecule has 2 rings (SSSR count). The van der Waals surface area contributed by atoms with Crippen LogP contribution < -0.4 is 5.32 Å². The lowest BCUT2D eigenvalue weighted by atomic mass is 10.1. The van der Waals surface area contributed by atoms with Crippen molar-refractivity contribution in [2.45, 2.75) is 63.7 Å². The lowest BCUT2D eigenvalue weighted by Crippen LogP contribution is -2.33. The minimum atomic E-state index is -3.39. The van der Waals surface area contributed by atoms with Gasteiger partial charge in [0, 0.05) is 18.5 Å². The molecule has 3 N–H and O–H groups in total. The third-order valence-electron chi connectivity index (χ3n) is 4.52. The molecule has 0 spiro atoms. The highest BCUT2D eigenvalue weighted by Gasteiger charge is 2.20. The molecule has 1 heterocycles. The van der Waals surface area contributed by atoms with E-state index in [-0.39, 0.29) is 35.4 Å². The Balaban J connectivity index is 2.06. The summed E-state index contributed by atoms with van der Waals surface area (Å²) in [4.78, 5) is 20.6. The summed E-state index contributed by atoms with van der Waals surface area (Å²) in [5.74, 6) is -0.580. The van der Waals surface area contributed by atoms with Gasteiger partial charge < -0.3 is 14.8 Å². The molecule has 11 heteroatoms. The summed E-state index contributed by atoms with van der Waals surface area (Å²) < 4.78 is 35.0. The van der Waals surface area contributed by atoms with Gasteiger partial charge in [0.25, 0.3) is 0 Å². The van der Waals surface area contributed by atoms with E-state index in [1.165, 1.54) is 18.3 Å². The summed E-state index contributed by atoms with van der Waals surface area (Å²) in [6.07, 6.45) is 0.977. The standard InChI is InChI=1S/C23H31N5O5S/c1-14(2)34(30,31)17-9-7-16(8-10-17)18-13-27-15(3)20(28-18)21(25)32-19(24)11-12-26-22(29)33-23(4,5)6/h7-10,13-14,24-25H,11-12H2,1-6H3,(H,26,29). The number of aryl methyl sites for hydroxylation is 1. The molecule has 1 aromatic heterocycles. The number of nitrogens with zero attached hydrogens (tertiary/aromatic N) is 2. The number of hydrogen-bond donors (Lipinski definition) is 3. The van der Waals surface area contributed by atoms with E-state index in [2.05, 4.69) is 15.3 Å². The maximum absolute atomic E-state index is 12.3. The van der Waals surface area contributed by atoms with Crippen LogP contribution in [0.3, 0.4) is 0 Å². The number of hydrogen-bond acceptors (Lipinski definition) is 9. The molecule has 0 fully saturated rings. The van der Waals surface area contributed by atoms with Crippen molar-refractivity contribution in [3.8, 4) is 11.3 Å². The van der Waals surface area contributed by atoms with Gasteiger partial charge in [0.15, 0.2) is 15.7 Å². The lowest BCUT2D eigenvalue weighted by molar-refractivity contribution is 0.0529. The van der Waals surface area contributed by atoms with E-state index >= 15 is 0 Å². The number of amides is 1. The fraction of sp³-hybridized carbons (Fsp3) is 0.435. The van der Waals surface area contributed by atoms with Crippen LogP contribution >= 0.6 is 0 Å². The van der Waals surface area contributed by atoms with Crippen LogP contribution in [0.4, 0.5) is 4.79 Å². The molecule has 0 unspecified atom stereocenters. The molecule has 2 aromatic rings. The summed E-state index contributed by atoms with van der Waals surface area (Å²) in [6.45, 7) is 10.3. The molecule has 10 nitrogen and oxygen atoms in total. The van der Waals surface area contributed by atoms with Crippen molar-refractivity contribution in [1.29, 1.82) is 10.8 Å². The maximum Gasteiger partial charge on any atom is 0.407 e. The smallest absolute Gasteiger partial charge is 0.407 e. The minimum absolute atomic E-state index is 0.0551. The van der Waals surface area contributed by atoms with E-state index in [1.807, 2.05) is 0 Å². The summed E-state index contributed by atoms with van der Waals surface area (Å²) in [5, 5.41) is 18.1. The average molecular weight is 490 g/mol. The number of carbonyl (C=O) groups is 1. The Morgan fingerprint density at radius 2 is 1.76 bits per heavy atom. The van der Waals surface area contributed by atoms with E-state index < -0.39 is 26.8 Å². The Bertz CT molecular complexity index is 1170. The van der Waals surface area contributed by atoms with Crippen LogP contribution in [0.5, 0.6) is 0 Å². The second-order valence-corrected chi connectivity index (χ2v) is 11.3. The van der Waals surface area contributed by atoms with Gasteiger partial charge in [-0.2, -0.15) is 0 Å². The van der Waals surface area contributed by atoms with Crippen LogP contribution in [0.25, 0.3) is 11.3 Å². The van der Waals surface area contributed by atoms with Gasteiger partial charge >= 0.3 is 6.09 Å². The van der Waals surface area contributed by atoms with E-state index in [9.17, 15) is 13.2 Å². The molecule has 0 saturated carbocycles. The molecule has 34 heavy (non-hydrogen) atoms. The normalized spacial score (nSPS) is 11.7. The molecule has 0 atom stereocenters. The van der Waals surface area contributed by atoms with Gasteiger partial charge in [-0.25, -0.2) is 18.2 Å². The highest BCUT2D eigenvalue weighted by atomic mass is 32.2. The molecule has 1 amide bonds. The van der Waals surface area contributed by atoms with E-state index in [0.717, 1.165) is 0 Å². The van der Waals surface area contributed by atoms with Crippen molar-refractivity contribution in [3.63, 3.8) is 0 Å². The third-order valence-corrected chi connectivity index (χ3v) is 6.69. The molecule has 0 aliphatic rings. The number of carbonyl (C=O) groups excluding carboxylic acids is 1. The van der Waals surface area contributed by atoms with Crippen LogP contribution in [0.2, 0.25) is 0 Å². The Kier molecular flexibility index (Phi) is 8.49. The van der Waals surface area contributed by atoms with Crippen molar-refractivity contribution in [2.75, 3.05) is 6.54 Å². The van der Waals surface area contributed by atoms with Crippen molar-refractivity contribution >= 4 is 27.7 Å². The van der Waals surface area contributed by atoms with Gasteiger partial charge in [-0.3, -0.25) is 15.8 Å². The molecule has 1 aromatic carbocycles. The minimum Gasteiger partial charge on any atom is -0.444 e.